The Hall–Kier alpha value is -2.02. The summed E-state index contributed by atoms with van der Waals surface area (Å²) in [5.74, 6) is -2.25. The molecule has 27 heavy (non-hydrogen) atoms. The number of benzene rings is 1. The molecular formula is C20H26F2N2O3. The number of hydrogen-bond donors (Lipinski definition) is 1. The van der Waals surface area contributed by atoms with Crippen molar-refractivity contribution in [1.82, 2.24) is 10.2 Å². The number of ether oxygens (including phenoxy) is 1. The number of nitrogens with one attached hydrogen (secondary N) is 1. The maximum absolute atomic E-state index is 13.7. The summed E-state index contributed by atoms with van der Waals surface area (Å²) in [6.45, 7) is 4.53. The molecule has 1 aromatic carbocycles. The summed E-state index contributed by atoms with van der Waals surface area (Å²) in [7, 11) is 0. The van der Waals surface area contributed by atoms with Crippen molar-refractivity contribution in [3.63, 3.8) is 0 Å². The van der Waals surface area contributed by atoms with E-state index in [0.29, 0.717) is 19.4 Å². The molecule has 1 saturated heterocycles. The molecule has 1 aromatic rings. The number of rotatable bonds is 4. The fourth-order valence-corrected chi connectivity index (χ4v) is 3.91. The van der Waals surface area contributed by atoms with Gasteiger partial charge in [-0.25, -0.2) is 8.78 Å². The SMILES string of the molecule is CC(C)CNC(=O)[C@H]1COC2(CCCCC2)N1C(=O)c1cc(F)cc(F)c1. The lowest BCUT2D eigenvalue weighted by molar-refractivity contribution is -0.127. The lowest BCUT2D eigenvalue weighted by atomic mass is 9.89. The molecule has 7 heteroatoms. The normalized spacial score (nSPS) is 21.7. The Kier molecular flexibility index (Phi) is 5.79. The van der Waals surface area contributed by atoms with Gasteiger partial charge in [0.1, 0.15) is 23.4 Å². The van der Waals surface area contributed by atoms with Gasteiger partial charge in [-0.1, -0.05) is 20.3 Å². The van der Waals surface area contributed by atoms with Gasteiger partial charge in [-0.05, 0) is 43.7 Å². The Morgan fingerprint density at radius 2 is 1.81 bits per heavy atom. The molecule has 148 valence electrons. The molecule has 1 N–H and O–H groups in total. The maximum atomic E-state index is 13.7. The molecule has 0 radical (unpaired) electrons. The van der Waals surface area contributed by atoms with Gasteiger partial charge in [0.05, 0.1) is 6.61 Å². The minimum Gasteiger partial charge on any atom is -0.354 e. The Morgan fingerprint density at radius 3 is 2.41 bits per heavy atom. The molecule has 2 fully saturated rings. The van der Waals surface area contributed by atoms with Crippen LogP contribution in [-0.4, -0.2) is 41.6 Å². The van der Waals surface area contributed by atoms with Crippen molar-refractivity contribution in [1.29, 1.82) is 0 Å². The lowest BCUT2D eigenvalue weighted by Crippen LogP contribution is -2.56. The fourth-order valence-electron chi connectivity index (χ4n) is 3.91. The van der Waals surface area contributed by atoms with E-state index >= 15 is 0 Å². The highest BCUT2D eigenvalue weighted by molar-refractivity contribution is 5.98. The number of carbonyl (C=O) groups is 2. The second kappa shape index (κ2) is 7.92. The molecule has 2 aliphatic rings. The summed E-state index contributed by atoms with van der Waals surface area (Å²) >= 11 is 0. The van der Waals surface area contributed by atoms with Crippen LogP contribution < -0.4 is 5.32 Å². The van der Waals surface area contributed by atoms with E-state index in [9.17, 15) is 18.4 Å². The van der Waals surface area contributed by atoms with E-state index in [-0.39, 0.29) is 24.0 Å². The first-order valence-corrected chi connectivity index (χ1v) is 9.54. The second-order valence-electron chi connectivity index (χ2n) is 7.81. The number of carbonyl (C=O) groups excluding carboxylic acids is 2. The Labute approximate surface area is 158 Å². The number of amides is 2. The summed E-state index contributed by atoms with van der Waals surface area (Å²) in [4.78, 5) is 27.4. The maximum Gasteiger partial charge on any atom is 0.257 e. The van der Waals surface area contributed by atoms with Gasteiger partial charge in [0.2, 0.25) is 5.91 Å². The van der Waals surface area contributed by atoms with E-state index in [1.807, 2.05) is 13.8 Å². The summed E-state index contributed by atoms with van der Waals surface area (Å²) in [6.07, 6.45) is 4.02. The van der Waals surface area contributed by atoms with Crippen LogP contribution in [0.2, 0.25) is 0 Å². The molecule has 2 amide bonds. The molecule has 5 nitrogen and oxygen atoms in total. The third-order valence-electron chi connectivity index (χ3n) is 5.21. The summed E-state index contributed by atoms with van der Waals surface area (Å²) in [5.41, 5.74) is -0.984. The molecule has 0 aromatic heterocycles. The van der Waals surface area contributed by atoms with Crippen molar-refractivity contribution in [2.24, 2.45) is 5.92 Å². The number of hydrogen-bond acceptors (Lipinski definition) is 3. The lowest BCUT2D eigenvalue weighted by Gasteiger charge is -2.41. The largest absolute Gasteiger partial charge is 0.354 e. The first-order chi connectivity index (χ1) is 12.8. The highest BCUT2D eigenvalue weighted by Gasteiger charge is 2.53. The van der Waals surface area contributed by atoms with Gasteiger partial charge in [-0.2, -0.15) is 0 Å². The van der Waals surface area contributed by atoms with Gasteiger partial charge in [0.25, 0.3) is 5.91 Å². The van der Waals surface area contributed by atoms with Crippen molar-refractivity contribution in [3.8, 4) is 0 Å². The smallest absolute Gasteiger partial charge is 0.257 e. The zero-order valence-corrected chi connectivity index (χ0v) is 15.8. The monoisotopic (exact) mass is 380 g/mol. The van der Waals surface area contributed by atoms with Crippen LogP contribution in [0.15, 0.2) is 18.2 Å². The summed E-state index contributed by atoms with van der Waals surface area (Å²) in [5, 5.41) is 2.84. The predicted molar refractivity (Wildman–Crippen MR) is 95.9 cm³/mol. The highest BCUT2D eigenvalue weighted by atomic mass is 19.1. The van der Waals surface area contributed by atoms with Crippen molar-refractivity contribution in [2.75, 3.05) is 13.2 Å². The van der Waals surface area contributed by atoms with Gasteiger partial charge < -0.3 is 10.1 Å². The van der Waals surface area contributed by atoms with E-state index < -0.39 is 29.3 Å². The summed E-state index contributed by atoms with van der Waals surface area (Å²) in [6, 6.07) is 1.92. The second-order valence-corrected chi connectivity index (χ2v) is 7.81. The third-order valence-corrected chi connectivity index (χ3v) is 5.21. The number of halogens is 2. The summed E-state index contributed by atoms with van der Waals surface area (Å²) < 4.78 is 33.3. The highest BCUT2D eigenvalue weighted by Crippen LogP contribution is 2.41. The first-order valence-electron chi connectivity index (χ1n) is 9.54. The van der Waals surface area contributed by atoms with Crippen LogP contribution in [-0.2, 0) is 9.53 Å². The average molecular weight is 380 g/mol. The van der Waals surface area contributed by atoms with E-state index in [1.54, 1.807) is 0 Å². The zero-order valence-electron chi connectivity index (χ0n) is 15.8. The van der Waals surface area contributed by atoms with E-state index in [0.717, 1.165) is 37.5 Å². The molecule has 1 aliphatic carbocycles. The molecule has 1 aliphatic heterocycles. The minimum absolute atomic E-state index is 0.0907. The molecule has 1 spiro atoms. The van der Waals surface area contributed by atoms with E-state index in [2.05, 4.69) is 5.32 Å². The van der Waals surface area contributed by atoms with Crippen molar-refractivity contribution < 1.29 is 23.1 Å². The standard InChI is InChI=1S/C20H26F2N2O3/c1-13(2)11-23-18(25)17-12-27-20(6-4-3-5-7-20)24(17)19(26)14-8-15(21)10-16(22)9-14/h8-10,13,17H,3-7,11-12H2,1-2H3,(H,23,25)/t17-/m1/s1. The minimum atomic E-state index is -0.877. The van der Waals surface area contributed by atoms with Crippen LogP contribution in [0.5, 0.6) is 0 Å². The van der Waals surface area contributed by atoms with Gasteiger partial charge >= 0.3 is 0 Å². The molecular weight excluding hydrogens is 354 g/mol. The molecule has 0 bridgehead atoms. The average Bonchev–Trinajstić information content (AvgIpc) is 2.97. The van der Waals surface area contributed by atoms with Crippen LogP contribution in [0.4, 0.5) is 8.78 Å². The van der Waals surface area contributed by atoms with Crippen molar-refractivity contribution in [3.05, 3.63) is 35.4 Å². The quantitative estimate of drug-likeness (QED) is 0.872. The zero-order chi connectivity index (χ0) is 19.6. The van der Waals surface area contributed by atoms with Crippen LogP contribution in [0, 0.1) is 17.6 Å². The fraction of sp³-hybridized carbons (Fsp3) is 0.600. The van der Waals surface area contributed by atoms with Crippen LogP contribution >= 0.6 is 0 Å². The third kappa shape index (κ3) is 4.13. The Balaban J connectivity index is 1.92. The Morgan fingerprint density at radius 1 is 1.19 bits per heavy atom. The Bertz CT molecular complexity index is 697. The van der Waals surface area contributed by atoms with Crippen LogP contribution in [0.1, 0.15) is 56.3 Å². The molecule has 1 atom stereocenters. The van der Waals surface area contributed by atoms with Gasteiger partial charge in [-0.15, -0.1) is 0 Å². The number of nitrogens with zero attached hydrogens (tertiary/aromatic N) is 1. The van der Waals surface area contributed by atoms with Gasteiger partial charge in [0.15, 0.2) is 0 Å². The first kappa shape index (κ1) is 19.7. The van der Waals surface area contributed by atoms with Gasteiger partial charge in [0, 0.05) is 18.2 Å². The van der Waals surface area contributed by atoms with Crippen molar-refractivity contribution >= 4 is 11.8 Å². The molecule has 0 unspecified atom stereocenters. The van der Waals surface area contributed by atoms with Gasteiger partial charge in [-0.3, -0.25) is 14.5 Å². The molecule has 1 heterocycles. The molecule has 3 rings (SSSR count). The predicted octanol–water partition coefficient (Wildman–Crippen LogP) is 3.24. The topological polar surface area (TPSA) is 58.6 Å². The molecule has 1 saturated carbocycles. The van der Waals surface area contributed by atoms with E-state index in [1.165, 1.54) is 4.90 Å². The van der Waals surface area contributed by atoms with Crippen molar-refractivity contribution in [2.45, 2.75) is 57.7 Å². The van der Waals surface area contributed by atoms with Crippen LogP contribution in [0.25, 0.3) is 0 Å². The van der Waals surface area contributed by atoms with Crippen LogP contribution in [0.3, 0.4) is 0 Å². The van der Waals surface area contributed by atoms with E-state index in [4.69, 9.17) is 4.74 Å².